The van der Waals surface area contributed by atoms with Gasteiger partial charge in [0.2, 0.25) is 0 Å². The van der Waals surface area contributed by atoms with E-state index in [-0.39, 0.29) is 5.91 Å². The van der Waals surface area contributed by atoms with Crippen LogP contribution in [-0.2, 0) is 6.54 Å². The number of carbonyl (C=O) groups excluding carboxylic acids is 1. The van der Waals surface area contributed by atoms with Crippen LogP contribution in [0.5, 0.6) is 0 Å². The maximum absolute atomic E-state index is 12.4. The summed E-state index contributed by atoms with van der Waals surface area (Å²) in [6.07, 6.45) is 5.30. The Balaban J connectivity index is 1.37. The molecule has 0 atom stereocenters. The number of nitrogens with zero attached hydrogens (tertiary/aromatic N) is 2. The first kappa shape index (κ1) is 17.1. The fourth-order valence-corrected chi connectivity index (χ4v) is 3.41. The molecule has 4 rings (SSSR count). The molecule has 0 saturated heterocycles. The van der Waals surface area contributed by atoms with Gasteiger partial charge in [0.15, 0.2) is 0 Å². The Hall–Kier alpha value is -3.31. The van der Waals surface area contributed by atoms with Crippen molar-refractivity contribution in [3.05, 3.63) is 95.1 Å². The van der Waals surface area contributed by atoms with Gasteiger partial charge >= 0.3 is 0 Å². The summed E-state index contributed by atoms with van der Waals surface area (Å²) < 4.78 is 0. The summed E-state index contributed by atoms with van der Waals surface area (Å²) in [5, 5.41) is 7.08. The third-order valence-electron chi connectivity index (χ3n) is 4.24. The maximum atomic E-state index is 12.4. The molecule has 0 bridgehead atoms. The van der Waals surface area contributed by atoms with Crippen LogP contribution >= 0.6 is 11.3 Å². The summed E-state index contributed by atoms with van der Waals surface area (Å²) in [5.41, 5.74) is 5.72. The zero-order valence-corrected chi connectivity index (χ0v) is 15.3. The second-order valence-electron chi connectivity index (χ2n) is 6.07. The minimum atomic E-state index is -0.0943. The van der Waals surface area contributed by atoms with E-state index in [1.807, 2.05) is 53.9 Å². The third kappa shape index (κ3) is 4.10. The summed E-state index contributed by atoms with van der Waals surface area (Å²) in [5.74, 6) is -0.0943. The van der Waals surface area contributed by atoms with Gasteiger partial charge in [0.05, 0.1) is 5.69 Å². The fraction of sp³-hybridized carbons (Fsp3) is 0.0455. The first-order valence-corrected chi connectivity index (χ1v) is 9.50. The van der Waals surface area contributed by atoms with E-state index >= 15 is 0 Å². The highest BCUT2D eigenvalue weighted by atomic mass is 32.1. The molecule has 3 heterocycles. The molecule has 27 heavy (non-hydrogen) atoms. The van der Waals surface area contributed by atoms with Gasteiger partial charge in [-0.1, -0.05) is 18.2 Å². The fourth-order valence-electron chi connectivity index (χ4n) is 2.74. The van der Waals surface area contributed by atoms with Crippen molar-refractivity contribution in [3.63, 3.8) is 0 Å². The third-order valence-corrected chi connectivity index (χ3v) is 4.92. The smallest absolute Gasteiger partial charge is 0.251 e. The summed E-state index contributed by atoms with van der Waals surface area (Å²) in [7, 11) is 0. The lowest BCUT2D eigenvalue weighted by molar-refractivity contribution is 0.0951. The summed E-state index contributed by atoms with van der Waals surface area (Å²) in [6.45, 7) is 0.436. The number of nitrogens with one attached hydrogen (secondary N) is 1. The maximum Gasteiger partial charge on any atom is 0.251 e. The van der Waals surface area contributed by atoms with Crippen LogP contribution in [0.4, 0.5) is 0 Å². The van der Waals surface area contributed by atoms with Gasteiger partial charge in [0.25, 0.3) is 5.91 Å². The largest absolute Gasteiger partial charge is 0.348 e. The lowest BCUT2D eigenvalue weighted by atomic mass is 10.1. The van der Waals surface area contributed by atoms with Gasteiger partial charge < -0.3 is 5.32 Å². The van der Waals surface area contributed by atoms with Crippen LogP contribution in [-0.4, -0.2) is 15.9 Å². The van der Waals surface area contributed by atoms with Gasteiger partial charge in [-0.2, -0.15) is 11.3 Å². The molecular weight excluding hydrogens is 354 g/mol. The van der Waals surface area contributed by atoms with Gasteiger partial charge in [0, 0.05) is 36.3 Å². The highest BCUT2D eigenvalue weighted by Gasteiger charge is 2.07. The van der Waals surface area contributed by atoms with Gasteiger partial charge in [0.1, 0.15) is 0 Å². The number of hydrogen-bond acceptors (Lipinski definition) is 4. The molecule has 0 saturated carbocycles. The zero-order valence-electron chi connectivity index (χ0n) is 14.5. The van der Waals surface area contributed by atoms with Crippen molar-refractivity contribution in [2.45, 2.75) is 6.54 Å². The Morgan fingerprint density at radius 2 is 1.81 bits per heavy atom. The number of pyridine rings is 2. The molecular formula is C22H17N3OS. The lowest BCUT2D eigenvalue weighted by Crippen LogP contribution is -2.22. The monoisotopic (exact) mass is 371 g/mol. The number of benzene rings is 1. The van der Waals surface area contributed by atoms with E-state index in [4.69, 9.17) is 0 Å². The minimum Gasteiger partial charge on any atom is -0.348 e. The van der Waals surface area contributed by atoms with Crippen molar-refractivity contribution in [1.82, 2.24) is 15.3 Å². The van der Waals surface area contributed by atoms with E-state index in [1.165, 1.54) is 5.56 Å². The lowest BCUT2D eigenvalue weighted by Gasteiger charge is -2.07. The van der Waals surface area contributed by atoms with E-state index in [2.05, 4.69) is 26.7 Å². The quantitative estimate of drug-likeness (QED) is 0.548. The van der Waals surface area contributed by atoms with Crippen LogP contribution in [0.1, 0.15) is 15.9 Å². The van der Waals surface area contributed by atoms with E-state index in [0.29, 0.717) is 12.1 Å². The molecule has 132 valence electrons. The topological polar surface area (TPSA) is 54.9 Å². The average molecular weight is 371 g/mol. The molecule has 0 fully saturated rings. The second-order valence-corrected chi connectivity index (χ2v) is 6.85. The van der Waals surface area contributed by atoms with Gasteiger partial charge in [-0.3, -0.25) is 14.8 Å². The van der Waals surface area contributed by atoms with Crippen LogP contribution < -0.4 is 5.32 Å². The SMILES string of the molecule is O=C(NCc1ccc(-c2cccnc2)nc1)c1ccc(-c2ccsc2)cc1. The minimum absolute atomic E-state index is 0.0943. The van der Waals surface area contributed by atoms with Gasteiger partial charge in [-0.25, -0.2) is 0 Å². The number of amides is 1. The molecule has 5 heteroatoms. The first-order valence-electron chi connectivity index (χ1n) is 8.56. The molecule has 4 nitrogen and oxygen atoms in total. The molecule has 1 amide bonds. The van der Waals surface area contributed by atoms with Gasteiger partial charge in [-0.05, 0) is 63.8 Å². The average Bonchev–Trinajstić information content (AvgIpc) is 3.28. The Morgan fingerprint density at radius 1 is 0.926 bits per heavy atom. The van der Waals surface area contributed by atoms with Gasteiger partial charge in [-0.15, -0.1) is 0 Å². The molecule has 4 aromatic rings. The number of hydrogen-bond donors (Lipinski definition) is 1. The Labute approximate surface area is 161 Å². The van der Waals surface area contributed by atoms with E-state index in [0.717, 1.165) is 22.4 Å². The van der Waals surface area contributed by atoms with Crippen molar-refractivity contribution in [2.24, 2.45) is 0 Å². The summed E-state index contributed by atoms with van der Waals surface area (Å²) in [6, 6.07) is 17.5. The van der Waals surface area contributed by atoms with Crippen LogP contribution in [0, 0.1) is 0 Å². The summed E-state index contributed by atoms with van der Waals surface area (Å²) >= 11 is 1.66. The summed E-state index contributed by atoms with van der Waals surface area (Å²) in [4.78, 5) is 20.9. The van der Waals surface area contributed by atoms with E-state index in [9.17, 15) is 4.79 Å². The number of rotatable bonds is 5. The van der Waals surface area contributed by atoms with Crippen LogP contribution in [0.2, 0.25) is 0 Å². The van der Waals surface area contributed by atoms with Crippen LogP contribution in [0.15, 0.2) is 83.9 Å². The Kier molecular flexibility index (Phi) is 5.03. The van der Waals surface area contributed by atoms with Crippen molar-refractivity contribution < 1.29 is 4.79 Å². The molecule has 0 aliphatic rings. The highest BCUT2D eigenvalue weighted by Crippen LogP contribution is 2.22. The normalized spacial score (nSPS) is 10.5. The number of carbonyl (C=O) groups is 1. The molecule has 0 aliphatic heterocycles. The highest BCUT2D eigenvalue weighted by molar-refractivity contribution is 7.08. The second kappa shape index (κ2) is 7.93. The van der Waals surface area contributed by atoms with Crippen LogP contribution in [0.25, 0.3) is 22.4 Å². The predicted molar refractivity (Wildman–Crippen MR) is 108 cm³/mol. The Morgan fingerprint density at radius 3 is 2.48 bits per heavy atom. The van der Waals surface area contributed by atoms with Crippen molar-refractivity contribution >= 4 is 17.2 Å². The first-order chi connectivity index (χ1) is 13.3. The molecule has 0 unspecified atom stereocenters. The van der Waals surface area contributed by atoms with Crippen LogP contribution in [0.3, 0.4) is 0 Å². The molecule has 1 N–H and O–H groups in total. The predicted octanol–water partition coefficient (Wildman–Crippen LogP) is 4.80. The zero-order chi connectivity index (χ0) is 18.5. The Bertz CT molecular complexity index is 1010. The molecule has 0 spiro atoms. The van der Waals surface area contributed by atoms with Crippen molar-refractivity contribution in [2.75, 3.05) is 0 Å². The van der Waals surface area contributed by atoms with Crippen molar-refractivity contribution in [3.8, 4) is 22.4 Å². The molecule has 3 aromatic heterocycles. The van der Waals surface area contributed by atoms with E-state index < -0.39 is 0 Å². The van der Waals surface area contributed by atoms with E-state index in [1.54, 1.807) is 29.9 Å². The standard InChI is InChI=1S/C22H17N3OS/c26-22(18-6-4-17(5-7-18)20-9-11-27-15-20)25-13-16-3-8-21(24-12-16)19-2-1-10-23-14-19/h1-12,14-15H,13H2,(H,25,26). The number of thiophene rings is 1. The number of aromatic nitrogens is 2. The molecule has 1 aromatic carbocycles. The molecule has 0 aliphatic carbocycles. The molecule has 0 radical (unpaired) electrons. The van der Waals surface area contributed by atoms with Crippen molar-refractivity contribution in [1.29, 1.82) is 0 Å².